The van der Waals surface area contributed by atoms with Crippen molar-refractivity contribution in [2.75, 3.05) is 12.0 Å². The number of hydrogen-bond acceptors (Lipinski definition) is 8. The van der Waals surface area contributed by atoms with Crippen molar-refractivity contribution in [2.45, 2.75) is 25.7 Å². The minimum absolute atomic E-state index is 0.0406. The maximum Gasteiger partial charge on any atom is 0.339 e. The van der Waals surface area contributed by atoms with Crippen molar-refractivity contribution in [2.24, 2.45) is 17.8 Å². The summed E-state index contributed by atoms with van der Waals surface area (Å²) in [4.78, 5) is 66.6. The molecule has 1 aliphatic heterocycles. The van der Waals surface area contributed by atoms with E-state index < -0.39 is 47.2 Å². The first-order valence-corrected chi connectivity index (χ1v) is 13.0. The average molecular weight is 556 g/mol. The van der Waals surface area contributed by atoms with Crippen LogP contribution in [0.4, 0.5) is 5.69 Å². The van der Waals surface area contributed by atoms with Crippen molar-refractivity contribution in [3.8, 4) is 17.2 Å². The third kappa shape index (κ3) is 3.74. The summed E-state index contributed by atoms with van der Waals surface area (Å²) in [7, 11) is 1.40. The Labute approximate surface area is 233 Å². The summed E-state index contributed by atoms with van der Waals surface area (Å²) in [5.41, 5.74) is 1.45. The van der Waals surface area contributed by atoms with E-state index in [4.69, 9.17) is 4.74 Å². The molecule has 1 heterocycles. The molecule has 2 aromatic carbocycles. The van der Waals surface area contributed by atoms with Crippen molar-refractivity contribution in [3.63, 3.8) is 0 Å². The van der Waals surface area contributed by atoms with Crippen LogP contribution in [0, 0.1) is 17.8 Å². The van der Waals surface area contributed by atoms with Crippen molar-refractivity contribution in [3.05, 3.63) is 82.0 Å². The molecule has 1 saturated heterocycles. The number of ether oxygens (including phenoxy) is 1. The first kappa shape index (κ1) is 26.2. The van der Waals surface area contributed by atoms with E-state index in [1.165, 1.54) is 19.3 Å². The average Bonchev–Trinajstić information content (AvgIpc) is 3.20. The highest BCUT2D eigenvalue weighted by Crippen LogP contribution is 2.57. The van der Waals surface area contributed by atoms with Gasteiger partial charge in [0.05, 0.1) is 24.6 Å². The van der Waals surface area contributed by atoms with Crippen LogP contribution in [-0.2, 0) is 19.2 Å². The van der Waals surface area contributed by atoms with Gasteiger partial charge in [-0.2, -0.15) is 0 Å². The van der Waals surface area contributed by atoms with Gasteiger partial charge in [0.15, 0.2) is 23.1 Å². The van der Waals surface area contributed by atoms with Gasteiger partial charge in [-0.3, -0.25) is 19.2 Å². The first-order valence-electron chi connectivity index (χ1n) is 13.0. The van der Waals surface area contributed by atoms with Crippen LogP contribution in [0.2, 0.25) is 0 Å². The van der Waals surface area contributed by atoms with E-state index in [9.17, 15) is 39.3 Å². The molecular formula is C31H25NO9. The Morgan fingerprint density at radius 2 is 1.78 bits per heavy atom. The lowest BCUT2D eigenvalue weighted by atomic mass is 9.59. The molecule has 0 spiro atoms. The number of carbonyl (C=O) groups is 5. The number of Topliss-reactive ketones (excluding diaryl/α,β-unsaturated/α-hetero) is 1. The summed E-state index contributed by atoms with van der Waals surface area (Å²) in [6, 6.07) is 8.37. The van der Waals surface area contributed by atoms with Crippen molar-refractivity contribution < 1.29 is 44.0 Å². The number of carboxylic acids is 1. The third-order valence-electron chi connectivity index (χ3n) is 8.59. The van der Waals surface area contributed by atoms with Gasteiger partial charge in [0, 0.05) is 34.3 Å². The van der Waals surface area contributed by atoms with Gasteiger partial charge in [0.1, 0.15) is 11.3 Å². The van der Waals surface area contributed by atoms with Crippen LogP contribution in [0.25, 0.3) is 0 Å². The van der Waals surface area contributed by atoms with Gasteiger partial charge >= 0.3 is 5.97 Å². The van der Waals surface area contributed by atoms with E-state index in [0.29, 0.717) is 11.1 Å². The zero-order valence-electron chi connectivity index (χ0n) is 22.1. The molecule has 10 heteroatoms. The van der Waals surface area contributed by atoms with E-state index in [2.05, 4.69) is 0 Å². The molecule has 0 radical (unpaired) electrons. The number of anilines is 1. The summed E-state index contributed by atoms with van der Waals surface area (Å²) in [6.45, 7) is 1.55. The van der Waals surface area contributed by atoms with Crippen LogP contribution in [0.1, 0.15) is 41.6 Å². The number of nitrogens with zero attached hydrogens (tertiary/aromatic N) is 1. The predicted octanol–water partition coefficient (Wildman–Crippen LogP) is 3.44. The largest absolute Gasteiger partial charge is 0.507 e. The van der Waals surface area contributed by atoms with E-state index >= 15 is 0 Å². The number of carboxylic acid groups (broad SMARTS) is 1. The summed E-state index contributed by atoms with van der Waals surface area (Å²) < 4.78 is 5.30. The molecule has 3 N–H and O–H groups in total. The lowest BCUT2D eigenvalue weighted by molar-refractivity contribution is -0.123. The van der Waals surface area contributed by atoms with Gasteiger partial charge in [-0.25, -0.2) is 9.69 Å². The Morgan fingerprint density at radius 3 is 2.46 bits per heavy atom. The van der Waals surface area contributed by atoms with E-state index in [0.717, 1.165) is 17.0 Å². The zero-order valence-corrected chi connectivity index (χ0v) is 22.1. The van der Waals surface area contributed by atoms with Crippen molar-refractivity contribution in [1.29, 1.82) is 0 Å². The number of methoxy groups -OCH3 is 1. The number of rotatable bonds is 4. The summed E-state index contributed by atoms with van der Waals surface area (Å²) in [6.07, 6.45) is 3.35. The highest BCUT2D eigenvalue weighted by atomic mass is 16.5. The number of aromatic carboxylic acids is 1. The smallest absolute Gasteiger partial charge is 0.339 e. The molecule has 41 heavy (non-hydrogen) atoms. The van der Waals surface area contributed by atoms with Gasteiger partial charge in [-0.05, 0) is 50.0 Å². The van der Waals surface area contributed by atoms with E-state index in [1.807, 2.05) is 6.08 Å². The number of amides is 2. The number of fused-ring (bicyclic) bond motifs is 3. The van der Waals surface area contributed by atoms with Gasteiger partial charge in [-0.15, -0.1) is 0 Å². The molecule has 4 aliphatic rings. The molecule has 0 saturated carbocycles. The molecule has 4 atom stereocenters. The lowest BCUT2D eigenvalue weighted by Gasteiger charge is -2.42. The molecule has 0 bridgehead atoms. The molecule has 3 aliphatic carbocycles. The quantitative estimate of drug-likeness (QED) is 0.292. The summed E-state index contributed by atoms with van der Waals surface area (Å²) in [5.74, 6) is -6.76. The second-order valence-electron chi connectivity index (χ2n) is 10.6. The minimum atomic E-state index is -1.36. The number of aromatic hydroxyl groups is 2. The number of phenolic OH excluding ortho intramolecular Hbond substituents is 1. The SMILES string of the molecule is COc1cccc(C2C3=CCC4C(=O)N(c5ccc(C(=O)O)c(O)c5)C(=O)C4C3CC3=C2C(=O)C=C(C)C3=O)c1O. The number of benzene rings is 2. The van der Waals surface area contributed by atoms with Crippen LogP contribution in [0.3, 0.4) is 0 Å². The topological polar surface area (TPSA) is 159 Å². The maximum absolute atomic E-state index is 13.9. The van der Waals surface area contributed by atoms with Gasteiger partial charge in [0.2, 0.25) is 11.8 Å². The number of para-hydroxylation sites is 1. The van der Waals surface area contributed by atoms with Crippen LogP contribution in [0.15, 0.2) is 70.8 Å². The number of hydrogen-bond donors (Lipinski definition) is 3. The van der Waals surface area contributed by atoms with Crippen molar-refractivity contribution >= 4 is 35.0 Å². The zero-order chi connectivity index (χ0) is 29.3. The Kier molecular flexibility index (Phi) is 5.95. The predicted molar refractivity (Wildman–Crippen MR) is 144 cm³/mol. The van der Waals surface area contributed by atoms with Gasteiger partial charge < -0.3 is 20.1 Å². The summed E-state index contributed by atoms with van der Waals surface area (Å²) >= 11 is 0. The molecule has 2 amide bonds. The Bertz CT molecular complexity index is 1690. The molecule has 10 nitrogen and oxygen atoms in total. The fourth-order valence-corrected chi connectivity index (χ4v) is 6.77. The summed E-state index contributed by atoms with van der Waals surface area (Å²) in [5, 5.41) is 30.6. The van der Waals surface area contributed by atoms with Crippen molar-refractivity contribution in [1.82, 2.24) is 0 Å². The number of allylic oxidation sites excluding steroid dienone is 6. The van der Waals surface area contributed by atoms with Crippen LogP contribution in [-0.4, -0.2) is 51.8 Å². The Balaban J connectivity index is 1.48. The van der Waals surface area contributed by atoms with E-state index in [1.54, 1.807) is 25.1 Å². The Hall–Kier alpha value is -4.99. The van der Waals surface area contributed by atoms with E-state index in [-0.39, 0.29) is 63.9 Å². The second-order valence-corrected chi connectivity index (χ2v) is 10.6. The monoisotopic (exact) mass is 555 g/mol. The normalized spacial score (nSPS) is 25.4. The number of phenols is 2. The number of ketones is 2. The Morgan fingerprint density at radius 1 is 1.02 bits per heavy atom. The lowest BCUT2D eigenvalue weighted by Crippen LogP contribution is -2.39. The molecule has 0 aromatic heterocycles. The molecule has 2 aromatic rings. The highest BCUT2D eigenvalue weighted by Gasteiger charge is 2.57. The fraction of sp³-hybridized carbons (Fsp3) is 0.258. The number of carbonyl (C=O) groups excluding carboxylic acids is 4. The number of imide groups is 1. The highest BCUT2D eigenvalue weighted by molar-refractivity contribution is 6.25. The van der Waals surface area contributed by atoms with Crippen LogP contribution < -0.4 is 9.64 Å². The molecule has 208 valence electrons. The molecular weight excluding hydrogens is 530 g/mol. The van der Waals surface area contributed by atoms with Crippen LogP contribution in [0.5, 0.6) is 17.2 Å². The van der Waals surface area contributed by atoms with Gasteiger partial charge in [-0.1, -0.05) is 23.8 Å². The standard InChI is InChI=1S/C31H25NO9/c1-13-10-22(34)26-20(27(13)35)12-19-15(24(26)17-4-3-5-23(41-2)28(17)36)8-9-18-25(19)30(38)32(29(18)37)14-6-7-16(31(39)40)21(33)11-14/h3-8,10-11,18-19,24-25,33,36H,9,12H2,1-2H3,(H,39,40). The molecule has 4 unspecified atom stereocenters. The third-order valence-corrected chi connectivity index (χ3v) is 8.59. The second kappa shape index (κ2) is 9.29. The van der Waals surface area contributed by atoms with Crippen LogP contribution >= 0.6 is 0 Å². The maximum atomic E-state index is 13.9. The minimum Gasteiger partial charge on any atom is -0.507 e. The molecule has 6 rings (SSSR count). The fourth-order valence-electron chi connectivity index (χ4n) is 6.77. The molecule has 1 fully saturated rings. The first-order chi connectivity index (χ1) is 19.5. The van der Waals surface area contributed by atoms with Gasteiger partial charge in [0.25, 0.3) is 0 Å².